The fourth-order valence-corrected chi connectivity index (χ4v) is 11.7. The molecule has 1 unspecified atom stereocenters. The van der Waals surface area contributed by atoms with E-state index < -0.39 is 36.5 Å². The number of aromatic nitrogens is 3. The highest BCUT2D eigenvalue weighted by atomic mass is 79.9. The molecule has 5 heterocycles. The molecule has 5 aromatic rings. The number of aryl methyl sites for hydroxylation is 1. The number of pyridine rings is 1. The SMILES string of the molecule is CCc1ccc2c(P(C)(C)=O)c(Nc3nc(Nc4cc(C5CC5)c(N5CCC(N6CCN(CCc7cc(F)c(C8CCC(=O)NC8=O)c(F)c7)CC6)CC5)cc4OC)ncc3Br)ccc2n1. The summed E-state index contributed by atoms with van der Waals surface area (Å²) in [5.41, 5.74) is 6.12. The molecule has 0 spiro atoms. The Kier molecular flexibility index (Phi) is 13.5. The molecular weight excluding hydrogens is 927 g/mol. The van der Waals surface area contributed by atoms with E-state index in [2.05, 4.69) is 70.6 Å². The second-order valence-corrected chi connectivity index (χ2v) is 22.4. The highest BCUT2D eigenvalue weighted by Gasteiger charge is 2.35. The Morgan fingerprint density at radius 3 is 2.30 bits per heavy atom. The number of anilines is 5. The molecule has 4 aliphatic rings. The Hall–Kier alpha value is -5.02. The fraction of sp³-hybridized carbons (Fsp3) is 0.449. The number of halogens is 3. The van der Waals surface area contributed by atoms with E-state index in [0.717, 1.165) is 99.0 Å². The predicted octanol–water partition coefficient (Wildman–Crippen LogP) is 8.60. The van der Waals surface area contributed by atoms with Crippen LogP contribution in [0.1, 0.15) is 79.7 Å². The van der Waals surface area contributed by atoms with Gasteiger partial charge in [-0.05, 0) is 128 Å². The van der Waals surface area contributed by atoms with Gasteiger partial charge in [-0.25, -0.2) is 13.8 Å². The molecule has 13 nitrogen and oxygen atoms in total. The highest BCUT2D eigenvalue weighted by molar-refractivity contribution is 9.10. The van der Waals surface area contributed by atoms with Crippen molar-refractivity contribution in [2.24, 2.45) is 0 Å². The lowest BCUT2D eigenvalue weighted by Gasteiger charge is -2.43. The van der Waals surface area contributed by atoms with Gasteiger partial charge in [0.05, 0.1) is 34.4 Å². The molecule has 1 atom stereocenters. The quantitative estimate of drug-likeness (QED) is 0.0724. The third kappa shape index (κ3) is 9.98. The number of hydrogen-bond acceptors (Lipinski definition) is 12. The number of rotatable bonds is 14. The van der Waals surface area contributed by atoms with Crippen LogP contribution < -0.4 is 30.9 Å². The molecule has 66 heavy (non-hydrogen) atoms. The van der Waals surface area contributed by atoms with Gasteiger partial charge in [0.25, 0.3) is 0 Å². The molecule has 17 heteroatoms. The second-order valence-electron chi connectivity index (χ2n) is 18.4. The molecule has 4 fully saturated rings. The van der Waals surface area contributed by atoms with E-state index in [1.807, 2.05) is 24.3 Å². The van der Waals surface area contributed by atoms with E-state index in [1.54, 1.807) is 26.6 Å². The maximum Gasteiger partial charge on any atom is 0.234 e. The van der Waals surface area contributed by atoms with Gasteiger partial charge in [0, 0.05) is 98.2 Å². The Bertz CT molecular complexity index is 2700. The molecule has 9 rings (SSSR count). The molecule has 3 saturated heterocycles. The first-order valence-electron chi connectivity index (χ1n) is 23.1. The van der Waals surface area contributed by atoms with Gasteiger partial charge in [-0.15, -0.1) is 0 Å². The lowest BCUT2D eigenvalue weighted by molar-refractivity contribution is -0.134. The van der Waals surface area contributed by atoms with E-state index in [1.165, 1.54) is 23.4 Å². The van der Waals surface area contributed by atoms with Gasteiger partial charge < -0.3 is 29.7 Å². The largest absolute Gasteiger partial charge is 0.494 e. The number of piperazine rings is 1. The molecule has 3 N–H and O–H groups in total. The number of nitrogens with one attached hydrogen (secondary N) is 3. The number of imide groups is 1. The van der Waals surface area contributed by atoms with Gasteiger partial charge in [-0.3, -0.25) is 24.8 Å². The lowest BCUT2D eigenvalue weighted by Crippen LogP contribution is -2.53. The normalized spacial score (nSPS) is 19.0. The van der Waals surface area contributed by atoms with Gasteiger partial charge in [-0.1, -0.05) is 13.0 Å². The standard InChI is InChI=1S/C49H57BrF2N9O4P/c1-5-31-8-9-33-39(54-31)11-12-40(46(33)66(3,4)64)55-47-36(50)28-53-49(58-47)56-41-26-35(30-6-7-30)42(27-43(41)65-2)61-18-15-32(16-19-61)60-22-20-59(21-23-60)17-14-29-24-37(51)45(38(52)25-29)34-10-13-44(62)57-48(34)63/h8-9,11-12,24-28,30,32,34H,5-7,10,13-23H2,1-4H3,(H,57,62,63)(H2,53,55,56,58). The van der Waals surface area contributed by atoms with Gasteiger partial charge in [-0.2, -0.15) is 4.98 Å². The molecule has 1 saturated carbocycles. The third-order valence-electron chi connectivity index (χ3n) is 13.6. The van der Waals surface area contributed by atoms with Crippen LogP contribution in [0.5, 0.6) is 5.75 Å². The zero-order chi connectivity index (χ0) is 46.3. The van der Waals surface area contributed by atoms with Crippen LogP contribution in [0.2, 0.25) is 0 Å². The van der Waals surface area contributed by atoms with E-state index in [0.29, 0.717) is 58.2 Å². The maximum atomic E-state index is 15.1. The minimum absolute atomic E-state index is 0.0660. The minimum atomic E-state index is -2.75. The number of fused-ring (bicyclic) bond motifs is 1. The van der Waals surface area contributed by atoms with Crippen molar-refractivity contribution in [3.8, 4) is 5.75 Å². The molecule has 2 aromatic heterocycles. The van der Waals surface area contributed by atoms with E-state index >= 15 is 8.78 Å². The Morgan fingerprint density at radius 2 is 1.64 bits per heavy atom. The predicted molar refractivity (Wildman–Crippen MR) is 260 cm³/mol. The number of methoxy groups -OCH3 is 1. The van der Waals surface area contributed by atoms with E-state index in [4.69, 9.17) is 14.7 Å². The van der Waals surface area contributed by atoms with Gasteiger partial charge in [0.2, 0.25) is 17.8 Å². The minimum Gasteiger partial charge on any atom is -0.494 e. The van der Waals surface area contributed by atoms with E-state index in [9.17, 15) is 14.2 Å². The monoisotopic (exact) mass is 983 g/mol. The Balaban J connectivity index is 0.822. The first-order chi connectivity index (χ1) is 31.8. The maximum absolute atomic E-state index is 15.1. The van der Waals surface area contributed by atoms with Crippen molar-refractivity contribution in [3.63, 3.8) is 0 Å². The Labute approximate surface area is 393 Å². The van der Waals surface area contributed by atoms with Gasteiger partial charge in [0.1, 0.15) is 30.3 Å². The van der Waals surface area contributed by atoms with Crippen LogP contribution in [0.4, 0.5) is 37.6 Å². The zero-order valence-corrected chi connectivity index (χ0v) is 40.4. The first kappa shape index (κ1) is 46.1. The fourth-order valence-electron chi connectivity index (χ4n) is 9.91. The van der Waals surface area contributed by atoms with Crippen molar-refractivity contribution in [2.45, 2.75) is 76.2 Å². The lowest BCUT2D eigenvalue weighted by atomic mass is 9.89. The smallest absolute Gasteiger partial charge is 0.234 e. The van der Waals surface area contributed by atoms with Crippen LogP contribution >= 0.6 is 23.1 Å². The molecule has 3 aliphatic heterocycles. The summed E-state index contributed by atoms with van der Waals surface area (Å²) in [4.78, 5) is 45.6. The number of carbonyl (C=O) groups excluding carboxylic acids is 2. The van der Waals surface area contributed by atoms with Gasteiger partial charge >= 0.3 is 0 Å². The average molecular weight is 985 g/mol. The number of ether oxygens (including phenoxy) is 1. The summed E-state index contributed by atoms with van der Waals surface area (Å²) in [6, 6.07) is 15.4. The summed E-state index contributed by atoms with van der Waals surface area (Å²) in [7, 11) is -1.06. The molecule has 0 bridgehead atoms. The summed E-state index contributed by atoms with van der Waals surface area (Å²) in [5.74, 6) is -1.40. The summed E-state index contributed by atoms with van der Waals surface area (Å²) in [6.07, 6.45) is 7.58. The molecule has 348 valence electrons. The topological polar surface area (TPSA) is 145 Å². The van der Waals surface area contributed by atoms with Crippen LogP contribution in [-0.2, 0) is 27.0 Å². The number of piperidine rings is 2. The molecule has 3 aromatic carbocycles. The first-order valence-corrected chi connectivity index (χ1v) is 26.4. The highest BCUT2D eigenvalue weighted by Crippen LogP contribution is 2.49. The van der Waals surface area contributed by atoms with Crippen LogP contribution in [0.25, 0.3) is 10.9 Å². The van der Waals surface area contributed by atoms with Gasteiger partial charge in [0.15, 0.2) is 0 Å². The third-order valence-corrected chi connectivity index (χ3v) is 15.7. The number of amides is 2. The van der Waals surface area contributed by atoms with Crippen molar-refractivity contribution in [3.05, 3.63) is 93.2 Å². The summed E-state index contributed by atoms with van der Waals surface area (Å²) in [6.45, 7) is 11.8. The zero-order valence-electron chi connectivity index (χ0n) is 37.9. The summed E-state index contributed by atoms with van der Waals surface area (Å²) in [5, 5.41) is 10.7. The molecule has 1 aliphatic carbocycles. The number of benzene rings is 3. The van der Waals surface area contributed by atoms with Crippen molar-refractivity contribution >= 4 is 79.9 Å². The number of hydrogen-bond donors (Lipinski definition) is 3. The van der Waals surface area contributed by atoms with Crippen molar-refractivity contribution in [2.75, 3.05) is 81.8 Å². The number of carbonyl (C=O) groups is 2. The molecular formula is C49H57BrF2N9O4P. The summed E-state index contributed by atoms with van der Waals surface area (Å²) >= 11 is 3.63. The van der Waals surface area contributed by atoms with Crippen LogP contribution in [0.3, 0.4) is 0 Å². The molecule has 2 amide bonds. The Morgan fingerprint density at radius 1 is 0.894 bits per heavy atom. The number of nitrogens with zero attached hydrogens (tertiary/aromatic N) is 6. The van der Waals surface area contributed by atoms with Crippen LogP contribution in [0, 0.1) is 11.6 Å². The average Bonchev–Trinajstić information content (AvgIpc) is 4.15. The molecule has 0 radical (unpaired) electrons. The second kappa shape index (κ2) is 19.3. The van der Waals surface area contributed by atoms with E-state index in [-0.39, 0.29) is 18.4 Å². The van der Waals surface area contributed by atoms with Crippen LogP contribution in [-0.4, -0.2) is 109 Å². The van der Waals surface area contributed by atoms with Crippen molar-refractivity contribution in [1.29, 1.82) is 0 Å². The van der Waals surface area contributed by atoms with Crippen LogP contribution in [0.15, 0.2) is 59.2 Å². The summed E-state index contributed by atoms with van der Waals surface area (Å²) < 4.78 is 50.7. The van der Waals surface area contributed by atoms with Crippen molar-refractivity contribution < 1.29 is 27.7 Å². The van der Waals surface area contributed by atoms with Crippen molar-refractivity contribution in [1.82, 2.24) is 30.1 Å².